The number of aromatic amines is 1. The van der Waals surface area contributed by atoms with Gasteiger partial charge in [-0.2, -0.15) is 0 Å². The van der Waals surface area contributed by atoms with Crippen LogP contribution in [0.25, 0.3) is 17.0 Å². The summed E-state index contributed by atoms with van der Waals surface area (Å²) in [6, 6.07) is 7.17. The largest absolute Gasteiger partial charge is 0.491 e. The first kappa shape index (κ1) is 17.0. The number of benzene rings is 1. The fourth-order valence-electron chi connectivity index (χ4n) is 2.71. The number of hydrogen-bond acceptors (Lipinski definition) is 4. The Labute approximate surface area is 142 Å². The van der Waals surface area contributed by atoms with E-state index in [9.17, 15) is 4.79 Å². The van der Waals surface area contributed by atoms with Gasteiger partial charge in [0.05, 0.1) is 11.2 Å². The minimum absolute atomic E-state index is 0.00397. The quantitative estimate of drug-likeness (QED) is 0.850. The molecule has 24 heavy (non-hydrogen) atoms. The maximum atomic E-state index is 11.8. The van der Waals surface area contributed by atoms with Crippen LogP contribution in [0.5, 0.6) is 0 Å². The van der Waals surface area contributed by atoms with E-state index in [0.29, 0.717) is 11.9 Å². The van der Waals surface area contributed by atoms with Gasteiger partial charge in [-0.1, -0.05) is 12.1 Å². The number of hydrogen-bond donors (Lipinski definition) is 2. The highest BCUT2D eigenvalue weighted by Crippen LogP contribution is 2.38. The fraction of sp³-hybridized carbons (Fsp3) is 0.389. The van der Waals surface area contributed by atoms with Crippen molar-refractivity contribution in [1.82, 2.24) is 4.98 Å². The molecule has 1 saturated heterocycles. The Morgan fingerprint density at radius 1 is 1.21 bits per heavy atom. The third kappa shape index (κ3) is 2.93. The third-order valence-electron chi connectivity index (χ3n) is 4.93. The molecular formula is C18H23BN2O3. The van der Waals surface area contributed by atoms with E-state index in [-0.39, 0.29) is 5.43 Å². The molecule has 0 bridgehead atoms. The van der Waals surface area contributed by atoms with Crippen LogP contribution >= 0.6 is 0 Å². The number of nitrogens with one attached hydrogen (secondary N) is 1. The fourth-order valence-corrected chi connectivity index (χ4v) is 2.71. The second-order valence-electron chi connectivity index (χ2n) is 7.16. The Morgan fingerprint density at radius 3 is 2.50 bits per heavy atom. The summed E-state index contributed by atoms with van der Waals surface area (Å²) >= 11 is 0. The van der Waals surface area contributed by atoms with E-state index >= 15 is 0 Å². The van der Waals surface area contributed by atoms with Gasteiger partial charge in [-0.15, -0.1) is 0 Å². The summed E-state index contributed by atoms with van der Waals surface area (Å²) in [4.78, 5) is 14.9. The van der Waals surface area contributed by atoms with Gasteiger partial charge in [0, 0.05) is 29.7 Å². The maximum absolute atomic E-state index is 11.8. The molecule has 3 N–H and O–H groups in total. The first-order valence-electron chi connectivity index (χ1n) is 8.11. The van der Waals surface area contributed by atoms with Gasteiger partial charge in [0.15, 0.2) is 5.43 Å². The minimum atomic E-state index is -0.467. The summed E-state index contributed by atoms with van der Waals surface area (Å²) in [5, 5.41) is 0.666. The number of pyridine rings is 1. The monoisotopic (exact) mass is 326 g/mol. The second kappa shape index (κ2) is 5.88. The molecule has 0 aliphatic carbocycles. The van der Waals surface area contributed by atoms with Crippen molar-refractivity contribution in [1.29, 1.82) is 0 Å². The van der Waals surface area contributed by atoms with Gasteiger partial charge in [0.2, 0.25) is 0 Å². The predicted molar refractivity (Wildman–Crippen MR) is 97.7 cm³/mol. The lowest BCUT2D eigenvalue weighted by molar-refractivity contribution is 0.00578. The molecule has 0 atom stereocenters. The lowest BCUT2D eigenvalue weighted by Crippen LogP contribution is -2.41. The van der Waals surface area contributed by atoms with Crippen molar-refractivity contribution >= 4 is 24.1 Å². The Kier molecular flexibility index (Phi) is 4.15. The van der Waals surface area contributed by atoms with E-state index in [2.05, 4.69) is 4.98 Å². The van der Waals surface area contributed by atoms with E-state index in [1.807, 2.05) is 52.0 Å². The highest BCUT2D eigenvalue weighted by atomic mass is 16.7. The van der Waals surface area contributed by atoms with Crippen LogP contribution in [0.15, 0.2) is 40.7 Å². The Morgan fingerprint density at radius 2 is 1.88 bits per heavy atom. The summed E-state index contributed by atoms with van der Waals surface area (Å²) < 4.78 is 12.1. The molecule has 0 saturated carbocycles. The summed E-state index contributed by atoms with van der Waals surface area (Å²) in [5.41, 5.74) is 7.73. The molecule has 126 valence electrons. The van der Waals surface area contributed by atoms with Crippen molar-refractivity contribution in [3.05, 3.63) is 51.7 Å². The van der Waals surface area contributed by atoms with Gasteiger partial charge in [-0.05, 0) is 50.9 Å². The Bertz CT molecular complexity index is 839. The number of H-pyrrole nitrogens is 1. The van der Waals surface area contributed by atoms with Crippen LogP contribution in [0.3, 0.4) is 0 Å². The van der Waals surface area contributed by atoms with Crippen LogP contribution in [0.4, 0.5) is 0 Å². The molecule has 1 fully saturated rings. The molecule has 0 spiro atoms. The Hall–Kier alpha value is -1.89. The minimum Gasteiger partial charge on any atom is -0.400 e. The van der Waals surface area contributed by atoms with Crippen LogP contribution in [-0.2, 0) is 9.31 Å². The first-order valence-corrected chi connectivity index (χ1v) is 8.11. The topological polar surface area (TPSA) is 77.3 Å². The summed E-state index contributed by atoms with van der Waals surface area (Å²) in [6.07, 6.45) is 3.61. The molecule has 6 heteroatoms. The molecule has 5 nitrogen and oxygen atoms in total. The molecule has 2 heterocycles. The number of nitrogens with two attached hydrogens (primary N) is 1. The molecule has 1 aromatic heterocycles. The van der Waals surface area contributed by atoms with Crippen LogP contribution in [-0.4, -0.2) is 29.8 Å². The van der Waals surface area contributed by atoms with Gasteiger partial charge >= 0.3 is 7.12 Å². The average Bonchev–Trinajstić information content (AvgIpc) is 2.73. The molecule has 0 radical (unpaired) electrons. The van der Waals surface area contributed by atoms with Gasteiger partial charge in [0.1, 0.15) is 0 Å². The molecular weight excluding hydrogens is 303 g/mol. The van der Waals surface area contributed by atoms with Crippen molar-refractivity contribution in [2.24, 2.45) is 5.73 Å². The van der Waals surface area contributed by atoms with E-state index in [4.69, 9.17) is 15.0 Å². The highest BCUT2D eigenvalue weighted by Gasteiger charge is 2.52. The lowest BCUT2D eigenvalue weighted by atomic mass is 9.77. The highest BCUT2D eigenvalue weighted by molar-refractivity contribution is 6.55. The molecule has 1 aromatic carbocycles. The zero-order valence-electron chi connectivity index (χ0n) is 14.6. The lowest BCUT2D eigenvalue weighted by Gasteiger charge is -2.32. The molecule has 0 unspecified atom stereocenters. The van der Waals surface area contributed by atoms with Gasteiger partial charge in [-0.25, -0.2) is 0 Å². The summed E-state index contributed by atoms with van der Waals surface area (Å²) in [6.45, 7) is 8.40. The van der Waals surface area contributed by atoms with Crippen molar-refractivity contribution in [3.63, 3.8) is 0 Å². The van der Waals surface area contributed by atoms with Crippen molar-refractivity contribution in [3.8, 4) is 0 Å². The SMILES string of the molecule is CC1(C)OB(C(=Cc2ccc3c(=O)cc[nH]c3c2)CN)OC1(C)C. The molecule has 1 aliphatic heterocycles. The van der Waals surface area contributed by atoms with Gasteiger partial charge in [0.25, 0.3) is 0 Å². The van der Waals surface area contributed by atoms with Crippen LogP contribution in [0, 0.1) is 0 Å². The second-order valence-corrected chi connectivity index (χ2v) is 7.16. The number of aromatic nitrogens is 1. The van der Waals surface area contributed by atoms with Gasteiger partial charge in [-0.3, -0.25) is 4.79 Å². The molecule has 0 amide bonds. The molecule has 2 aromatic rings. The van der Waals surface area contributed by atoms with E-state index in [1.54, 1.807) is 6.20 Å². The third-order valence-corrected chi connectivity index (χ3v) is 4.93. The van der Waals surface area contributed by atoms with Crippen molar-refractivity contribution < 1.29 is 9.31 Å². The maximum Gasteiger partial charge on any atom is 0.491 e. The van der Waals surface area contributed by atoms with Crippen LogP contribution in [0.2, 0.25) is 0 Å². The molecule has 1 aliphatic rings. The van der Waals surface area contributed by atoms with E-state index < -0.39 is 18.3 Å². The van der Waals surface area contributed by atoms with Crippen molar-refractivity contribution in [2.75, 3.05) is 6.54 Å². The van der Waals surface area contributed by atoms with E-state index in [0.717, 1.165) is 16.6 Å². The van der Waals surface area contributed by atoms with E-state index in [1.165, 1.54) is 6.07 Å². The van der Waals surface area contributed by atoms with Crippen LogP contribution in [0.1, 0.15) is 33.3 Å². The number of rotatable bonds is 3. The summed E-state index contributed by atoms with van der Waals surface area (Å²) in [5.74, 6) is 0. The predicted octanol–water partition coefficient (Wildman–Crippen LogP) is 2.50. The van der Waals surface area contributed by atoms with Crippen molar-refractivity contribution in [2.45, 2.75) is 38.9 Å². The average molecular weight is 326 g/mol. The number of fused-ring (bicyclic) bond motifs is 1. The Balaban J connectivity index is 1.96. The zero-order valence-corrected chi connectivity index (χ0v) is 14.6. The zero-order chi connectivity index (χ0) is 17.5. The normalized spacial score (nSPS) is 19.9. The molecule has 3 rings (SSSR count). The smallest absolute Gasteiger partial charge is 0.400 e. The van der Waals surface area contributed by atoms with Gasteiger partial charge < -0.3 is 20.0 Å². The van der Waals surface area contributed by atoms with Crippen LogP contribution < -0.4 is 11.2 Å². The first-order chi connectivity index (χ1) is 11.2. The summed E-state index contributed by atoms with van der Waals surface area (Å²) in [7, 11) is -0.467. The standard InChI is InChI=1S/C18H23BN2O3/c1-17(2)18(3,4)24-19(23-17)13(11-20)9-12-5-6-14-15(10-12)21-8-7-16(14)22/h5-10H,11,20H2,1-4H3,(H,21,22).